The van der Waals surface area contributed by atoms with E-state index in [0.717, 1.165) is 77.0 Å². The highest BCUT2D eigenvalue weighted by atomic mass is 31.2. The largest absolute Gasteiger partial charge is 0.472 e. The van der Waals surface area contributed by atoms with Gasteiger partial charge in [0.25, 0.3) is 0 Å². The smallest absolute Gasteiger partial charge is 0.462 e. The van der Waals surface area contributed by atoms with Gasteiger partial charge in [0.05, 0.1) is 25.4 Å². The normalized spacial score (nSPS) is 17.7. The Hall–Kier alpha value is -3.11. The highest BCUT2D eigenvalue weighted by Crippen LogP contribution is 2.43. The van der Waals surface area contributed by atoms with Crippen molar-refractivity contribution in [3.8, 4) is 0 Å². The topological polar surface area (TPSA) is 147 Å². The van der Waals surface area contributed by atoms with Gasteiger partial charge in [0.15, 0.2) is 6.10 Å². The van der Waals surface area contributed by atoms with Gasteiger partial charge in [-0.15, -0.1) is 0 Å². The molecular weight excluding hydrogens is 753 g/mol. The van der Waals surface area contributed by atoms with Crippen LogP contribution < -0.4 is 5.73 Å². The molecule has 0 aliphatic carbocycles. The SMILES string of the molecule is CC/C=C\C/C=C\C/C=C\C/C=C\C/C=C\CCCCCC(=O)OC[C@H](COP(=O)(O)OCCN)OC(=O)CCCC1OC1C/C=C\C/C=C\C/C=C\CCCCC. The molecule has 10 nitrogen and oxygen atoms in total. The molecule has 1 aliphatic heterocycles. The number of carbonyl (C=O) groups is 2. The summed E-state index contributed by atoms with van der Waals surface area (Å²) in [5.74, 6) is -0.954. The zero-order valence-corrected chi connectivity index (χ0v) is 36.6. The molecule has 58 heavy (non-hydrogen) atoms. The van der Waals surface area contributed by atoms with Crippen LogP contribution in [0.25, 0.3) is 0 Å². The van der Waals surface area contributed by atoms with Crippen LogP contribution in [0.1, 0.15) is 142 Å². The van der Waals surface area contributed by atoms with Crippen LogP contribution >= 0.6 is 7.82 Å². The molecule has 0 spiro atoms. The first-order chi connectivity index (χ1) is 28.3. The number of allylic oxidation sites excluding steroid dienone is 15. The second-order valence-corrected chi connectivity index (χ2v) is 15.7. The van der Waals surface area contributed by atoms with Crippen molar-refractivity contribution in [3.05, 3.63) is 97.2 Å². The summed E-state index contributed by atoms with van der Waals surface area (Å²) in [5.41, 5.74) is 5.35. The molecule has 3 N–H and O–H groups in total. The van der Waals surface area contributed by atoms with Crippen LogP contribution in [0.4, 0.5) is 0 Å². The molecule has 0 radical (unpaired) electrons. The Morgan fingerprint density at radius 3 is 1.74 bits per heavy atom. The number of rotatable bonds is 38. The van der Waals surface area contributed by atoms with Crippen molar-refractivity contribution in [3.63, 3.8) is 0 Å². The summed E-state index contributed by atoms with van der Waals surface area (Å²) in [4.78, 5) is 35.0. The van der Waals surface area contributed by atoms with E-state index < -0.39 is 32.5 Å². The molecule has 0 aromatic rings. The number of epoxide rings is 1. The van der Waals surface area contributed by atoms with Crippen LogP contribution in [0.5, 0.6) is 0 Å². The highest BCUT2D eigenvalue weighted by Gasteiger charge is 2.36. The molecular formula is C47H76NO9P. The van der Waals surface area contributed by atoms with Gasteiger partial charge in [-0.2, -0.15) is 0 Å². The third-order valence-electron chi connectivity index (χ3n) is 8.88. The number of esters is 2. The predicted molar refractivity (Wildman–Crippen MR) is 237 cm³/mol. The molecule has 3 unspecified atom stereocenters. The zero-order chi connectivity index (χ0) is 42.2. The molecule has 1 aliphatic rings. The van der Waals surface area contributed by atoms with Crippen molar-refractivity contribution >= 4 is 19.8 Å². The number of hydrogen-bond acceptors (Lipinski definition) is 9. The quantitative estimate of drug-likeness (QED) is 0.0203. The number of phosphoric acid groups is 1. The van der Waals surface area contributed by atoms with Crippen LogP contribution in [-0.4, -0.2) is 61.5 Å². The van der Waals surface area contributed by atoms with Crippen molar-refractivity contribution in [2.75, 3.05) is 26.4 Å². The Morgan fingerprint density at radius 2 is 1.17 bits per heavy atom. The molecule has 328 valence electrons. The van der Waals surface area contributed by atoms with Crippen LogP contribution in [0, 0.1) is 0 Å². The highest BCUT2D eigenvalue weighted by molar-refractivity contribution is 7.47. The van der Waals surface area contributed by atoms with Gasteiger partial charge < -0.3 is 24.8 Å². The Balaban J connectivity index is 2.27. The van der Waals surface area contributed by atoms with E-state index in [4.69, 9.17) is 29.0 Å². The lowest BCUT2D eigenvalue weighted by Crippen LogP contribution is -2.29. The van der Waals surface area contributed by atoms with Crippen LogP contribution in [0.2, 0.25) is 0 Å². The second kappa shape index (κ2) is 38.1. The summed E-state index contributed by atoms with van der Waals surface area (Å²) in [7, 11) is -4.42. The average Bonchev–Trinajstić information content (AvgIpc) is 3.97. The van der Waals surface area contributed by atoms with E-state index in [-0.39, 0.29) is 44.8 Å². The van der Waals surface area contributed by atoms with E-state index in [2.05, 4.69) is 111 Å². The van der Waals surface area contributed by atoms with E-state index in [1.165, 1.54) is 19.3 Å². The summed E-state index contributed by atoms with van der Waals surface area (Å²) in [6, 6.07) is 0. The molecule has 1 fully saturated rings. The molecule has 1 rings (SSSR count). The monoisotopic (exact) mass is 830 g/mol. The molecule has 0 amide bonds. The summed E-state index contributed by atoms with van der Waals surface area (Å²) >= 11 is 0. The van der Waals surface area contributed by atoms with Gasteiger partial charge in [0, 0.05) is 19.4 Å². The first-order valence-electron chi connectivity index (χ1n) is 21.8. The molecule has 11 heteroatoms. The van der Waals surface area contributed by atoms with Gasteiger partial charge in [0.1, 0.15) is 6.61 Å². The molecule has 4 atom stereocenters. The van der Waals surface area contributed by atoms with E-state index in [9.17, 15) is 19.0 Å². The van der Waals surface area contributed by atoms with Gasteiger partial charge in [-0.05, 0) is 96.3 Å². The molecule has 1 heterocycles. The Labute approximate surface area is 351 Å². The van der Waals surface area contributed by atoms with Gasteiger partial charge >= 0.3 is 19.8 Å². The number of nitrogens with two attached hydrogens (primary N) is 1. The Morgan fingerprint density at radius 1 is 0.638 bits per heavy atom. The van der Waals surface area contributed by atoms with Crippen LogP contribution in [0.15, 0.2) is 97.2 Å². The van der Waals surface area contributed by atoms with Gasteiger partial charge in [-0.25, -0.2) is 4.57 Å². The predicted octanol–water partition coefficient (Wildman–Crippen LogP) is 11.6. The van der Waals surface area contributed by atoms with Crippen molar-refractivity contribution < 1.29 is 42.3 Å². The lowest BCUT2D eigenvalue weighted by Gasteiger charge is -2.19. The maximum Gasteiger partial charge on any atom is 0.472 e. The summed E-state index contributed by atoms with van der Waals surface area (Å²) in [5, 5.41) is 0. The molecule has 0 aromatic heterocycles. The van der Waals surface area contributed by atoms with E-state index in [1.54, 1.807) is 0 Å². The third-order valence-corrected chi connectivity index (χ3v) is 9.86. The van der Waals surface area contributed by atoms with Crippen molar-refractivity contribution in [1.82, 2.24) is 0 Å². The number of ether oxygens (including phenoxy) is 3. The number of hydrogen-bond donors (Lipinski definition) is 2. The molecule has 0 saturated carbocycles. The fourth-order valence-corrected chi connectivity index (χ4v) is 6.33. The fourth-order valence-electron chi connectivity index (χ4n) is 5.57. The first kappa shape index (κ1) is 52.9. The maximum absolute atomic E-state index is 12.7. The lowest BCUT2D eigenvalue weighted by atomic mass is 10.1. The summed E-state index contributed by atoms with van der Waals surface area (Å²) in [6.45, 7) is 3.43. The standard InChI is InChI=1S/C47H76NO9P/c1-3-5-7-9-11-13-15-17-18-19-20-21-22-23-25-27-29-31-33-37-46(49)53-41-43(42-55-58(51,52)54-40-39-48)56-47(50)38-34-36-45-44(57-45)35-32-30-28-26-24-16-14-12-10-8-6-4-2/h5,7,11-14,17-18,20-21,23-26,30,32,43-45H,3-4,6,8-10,15-16,19,22,27-29,31,33-42,48H2,1-2H3,(H,51,52)/b7-5-,13-11-,14-12-,18-17-,21-20-,25-23-,26-24-,32-30-/t43-,44?,45?/m1/s1. The summed E-state index contributed by atoms with van der Waals surface area (Å²) < 4.78 is 38.5. The van der Waals surface area contributed by atoms with Gasteiger partial charge in [-0.3, -0.25) is 18.6 Å². The summed E-state index contributed by atoms with van der Waals surface area (Å²) in [6.07, 6.45) is 51.7. The third kappa shape index (κ3) is 34.9. The van der Waals surface area contributed by atoms with Crippen molar-refractivity contribution in [2.24, 2.45) is 5.73 Å². The van der Waals surface area contributed by atoms with E-state index in [0.29, 0.717) is 19.3 Å². The number of phosphoric ester groups is 1. The number of carbonyl (C=O) groups excluding carboxylic acids is 2. The fraction of sp³-hybridized carbons (Fsp3) is 0.617. The first-order valence-corrected chi connectivity index (χ1v) is 23.3. The maximum atomic E-state index is 12.7. The molecule has 1 saturated heterocycles. The number of unbranched alkanes of at least 4 members (excludes halogenated alkanes) is 6. The van der Waals surface area contributed by atoms with Crippen molar-refractivity contribution in [1.29, 1.82) is 0 Å². The lowest BCUT2D eigenvalue weighted by molar-refractivity contribution is -0.161. The minimum atomic E-state index is -4.42. The minimum absolute atomic E-state index is 0.0306. The Kier molecular flexibility index (Phi) is 34.8. The van der Waals surface area contributed by atoms with Crippen LogP contribution in [-0.2, 0) is 37.4 Å². The van der Waals surface area contributed by atoms with Gasteiger partial charge in [-0.1, -0.05) is 130 Å². The molecule has 0 bridgehead atoms. The average molecular weight is 830 g/mol. The molecule has 0 aromatic carbocycles. The second-order valence-electron chi connectivity index (χ2n) is 14.2. The minimum Gasteiger partial charge on any atom is -0.462 e. The Bertz CT molecular complexity index is 1330. The van der Waals surface area contributed by atoms with Crippen molar-refractivity contribution in [2.45, 2.75) is 161 Å². The zero-order valence-electron chi connectivity index (χ0n) is 35.7. The van der Waals surface area contributed by atoms with E-state index >= 15 is 0 Å². The van der Waals surface area contributed by atoms with Gasteiger partial charge in [0.2, 0.25) is 0 Å². The van der Waals surface area contributed by atoms with E-state index in [1.807, 2.05) is 0 Å². The van der Waals surface area contributed by atoms with Crippen LogP contribution in [0.3, 0.4) is 0 Å².